The number of hydrogen-bond donors (Lipinski definition) is 1. The van der Waals surface area contributed by atoms with Crippen molar-refractivity contribution < 1.29 is 23.7 Å². The number of hydrazone groups is 1. The maximum Gasteiger partial charge on any atom is 0.245 e. The van der Waals surface area contributed by atoms with Crippen molar-refractivity contribution in [3.8, 4) is 11.5 Å². The molecule has 0 aliphatic carbocycles. The number of halogens is 1. The fraction of sp³-hybridized carbons (Fsp3) is 0.333. The number of nitrogens with zero attached hydrogens (tertiary/aromatic N) is 1. The van der Waals surface area contributed by atoms with Crippen molar-refractivity contribution in [2.45, 2.75) is 25.7 Å². The highest BCUT2D eigenvalue weighted by atomic mass is 79.9. The Morgan fingerprint density at radius 2 is 1.93 bits per heavy atom. The van der Waals surface area contributed by atoms with Gasteiger partial charge in [-0.1, -0.05) is 28.1 Å². The molecule has 1 aliphatic heterocycles. The fourth-order valence-corrected chi connectivity index (χ4v) is 3.06. The first kappa shape index (κ1) is 21.3. The van der Waals surface area contributed by atoms with Crippen molar-refractivity contribution in [1.82, 2.24) is 5.43 Å². The number of carbonyl (C=O) groups excluding carboxylic acids is 1. The van der Waals surface area contributed by atoms with E-state index >= 15 is 0 Å². The minimum absolute atomic E-state index is 0.0799. The molecule has 1 heterocycles. The number of benzene rings is 2. The summed E-state index contributed by atoms with van der Waals surface area (Å²) in [5.74, 6) is 0.0428. The van der Waals surface area contributed by atoms with Crippen LogP contribution in [0.25, 0.3) is 0 Å². The first-order valence-corrected chi connectivity index (χ1v) is 9.92. The van der Waals surface area contributed by atoms with Crippen LogP contribution in [0.1, 0.15) is 24.5 Å². The average Bonchev–Trinajstić information content (AvgIpc) is 3.13. The standard InChI is InChI=1S/C21H23BrN2O5/c1-21(28-9-10-29-21)12-20(25)24-23-13-16-5-8-18(19(11-16)26-2)27-14-15-3-6-17(22)7-4-15/h3-8,11,13H,9-10,12,14H2,1-2H3,(H,24,25)/b23-13-. The zero-order valence-corrected chi connectivity index (χ0v) is 17.9. The van der Waals surface area contributed by atoms with Gasteiger partial charge in [-0.25, -0.2) is 5.43 Å². The van der Waals surface area contributed by atoms with E-state index in [1.165, 1.54) is 6.21 Å². The van der Waals surface area contributed by atoms with Crippen LogP contribution in [0.15, 0.2) is 52.0 Å². The lowest BCUT2D eigenvalue weighted by Crippen LogP contribution is -2.33. The average molecular weight is 463 g/mol. The monoisotopic (exact) mass is 462 g/mol. The van der Waals surface area contributed by atoms with Gasteiger partial charge < -0.3 is 18.9 Å². The Morgan fingerprint density at radius 1 is 1.21 bits per heavy atom. The second kappa shape index (κ2) is 9.87. The molecular weight excluding hydrogens is 440 g/mol. The summed E-state index contributed by atoms with van der Waals surface area (Å²) in [4.78, 5) is 12.0. The largest absolute Gasteiger partial charge is 0.493 e. The van der Waals surface area contributed by atoms with Crippen molar-refractivity contribution >= 4 is 28.1 Å². The van der Waals surface area contributed by atoms with Gasteiger partial charge in [0.2, 0.25) is 5.91 Å². The zero-order valence-electron chi connectivity index (χ0n) is 16.3. The van der Waals surface area contributed by atoms with Gasteiger partial charge in [-0.05, 0) is 48.4 Å². The Labute approximate surface area is 178 Å². The summed E-state index contributed by atoms with van der Waals surface area (Å²) in [5, 5.41) is 3.99. The molecule has 154 valence electrons. The molecule has 0 radical (unpaired) electrons. The van der Waals surface area contributed by atoms with Crippen molar-refractivity contribution in [2.24, 2.45) is 5.10 Å². The van der Waals surface area contributed by atoms with Crippen molar-refractivity contribution in [3.63, 3.8) is 0 Å². The molecule has 2 aromatic carbocycles. The predicted octanol–water partition coefficient (Wildman–Crippen LogP) is 3.64. The van der Waals surface area contributed by atoms with E-state index in [2.05, 4.69) is 26.5 Å². The van der Waals surface area contributed by atoms with Gasteiger partial charge in [0, 0.05) is 4.47 Å². The molecule has 7 nitrogen and oxygen atoms in total. The van der Waals surface area contributed by atoms with Crippen molar-refractivity contribution in [1.29, 1.82) is 0 Å². The molecule has 1 amide bonds. The van der Waals surface area contributed by atoms with Crippen LogP contribution in [0.5, 0.6) is 11.5 Å². The van der Waals surface area contributed by atoms with Crippen molar-refractivity contribution in [3.05, 3.63) is 58.1 Å². The quantitative estimate of drug-likeness (QED) is 0.478. The molecule has 0 spiro atoms. The molecule has 8 heteroatoms. The molecule has 29 heavy (non-hydrogen) atoms. The number of carbonyl (C=O) groups is 1. The van der Waals surface area contributed by atoms with Crippen LogP contribution >= 0.6 is 15.9 Å². The van der Waals surface area contributed by atoms with Crippen LogP contribution in [0.3, 0.4) is 0 Å². The fourth-order valence-electron chi connectivity index (χ4n) is 2.79. The van der Waals surface area contributed by atoms with Gasteiger partial charge in [0.1, 0.15) is 6.61 Å². The summed E-state index contributed by atoms with van der Waals surface area (Å²) >= 11 is 3.41. The normalized spacial score (nSPS) is 15.4. The number of rotatable bonds is 8. The Hall–Kier alpha value is -2.42. The second-order valence-corrected chi connectivity index (χ2v) is 7.54. The van der Waals surface area contributed by atoms with E-state index in [-0.39, 0.29) is 12.3 Å². The highest BCUT2D eigenvalue weighted by Gasteiger charge is 2.33. The highest BCUT2D eigenvalue weighted by molar-refractivity contribution is 9.10. The molecule has 1 fully saturated rings. The number of methoxy groups -OCH3 is 1. The number of ether oxygens (including phenoxy) is 4. The lowest BCUT2D eigenvalue weighted by molar-refractivity contribution is -0.159. The topological polar surface area (TPSA) is 78.4 Å². The third kappa shape index (κ3) is 6.28. The molecular formula is C21H23BrN2O5. The van der Waals surface area contributed by atoms with Crippen LogP contribution in [0.4, 0.5) is 0 Å². The Bertz CT molecular complexity index is 864. The summed E-state index contributed by atoms with van der Waals surface area (Å²) in [6.45, 7) is 3.14. The molecule has 2 aromatic rings. The third-order valence-electron chi connectivity index (χ3n) is 4.28. The number of nitrogens with one attached hydrogen (secondary N) is 1. The summed E-state index contributed by atoms with van der Waals surface area (Å²) in [6, 6.07) is 13.3. The Kier molecular flexibility index (Phi) is 7.24. The third-order valence-corrected chi connectivity index (χ3v) is 4.81. The lowest BCUT2D eigenvalue weighted by atomic mass is 10.2. The first-order chi connectivity index (χ1) is 14.0. The number of amides is 1. The molecule has 0 bridgehead atoms. The molecule has 0 unspecified atom stereocenters. The smallest absolute Gasteiger partial charge is 0.245 e. The minimum Gasteiger partial charge on any atom is -0.493 e. The van der Waals surface area contributed by atoms with Gasteiger partial charge in [-0.15, -0.1) is 0 Å². The maximum atomic E-state index is 12.0. The van der Waals surface area contributed by atoms with Crippen LogP contribution in [0.2, 0.25) is 0 Å². The molecule has 3 rings (SSSR count). The van der Waals surface area contributed by atoms with E-state index in [0.29, 0.717) is 31.3 Å². The van der Waals surface area contributed by atoms with E-state index in [0.717, 1.165) is 15.6 Å². The highest BCUT2D eigenvalue weighted by Crippen LogP contribution is 2.28. The Balaban J connectivity index is 1.55. The SMILES string of the molecule is COc1cc(/C=N\NC(=O)CC2(C)OCCO2)ccc1OCc1ccc(Br)cc1. The summed E-state index contributed by atoms with van der Waals surface area (Å²) in [6.07, 6.45) is 1.62. The van der Waals surface area contributed by atoms with Crippen LogP contribution < -0.4 is 14.9 Å². The number of hydrogen-bond acceptors (Lipinski definition) is 6. The van der Waals surface area contributed by atoms with Crippen LogP contribution in [0, 0.1) is 0 Å². The van der Waals surface area contributed by atoms with Crippen molar-refractivity contribution in [2.75, 3.05) is 20.3 Å². The molecule has 1 saturated heterocycles. The molecule has 0 aromatic heterocycles. The molecule has 0 atom stereocenters. The van der Waals surface area contributed by atoms with E-state index < -0.39 is 5.79 Å². The van der Waals surface area contributed by atoms with E-state index in [1.807, 2.05) is 36.4 Å². The zero-order chi connectivity index (χ0) is 20.7. The van der Waals surface area contributed by atoms with E-state index in [4.69, 9.17) is 18.9 Å². The summed E-state index contributed by atoms with van der Waals surface area (Å²) in [7, 11) is 1.58. The first-order valence-electron chi connectivity index (χ1n) is 9.12. The summed E-state index contributed by atoms with van der Waals surface area (Å²) in [5.41, 5.74) is 4.29. The van der Waals surface area contributed by atoms with Crippen LogP contribution in [-0.4, -0.2) is 38.2 Å². The van der Waals surface area contributed by atoms with Gasteiger partial charge in [0.15, 0.2) is 17.3 Å². The second-order valence-electron chi connectivity index (χ2n) is 6.63. The Morgan fingerprint density at radius 3 is 2.62 bits per heavy atom. The van der Waals surface area contributed by atoms with E-state index in [9.17, 15) is 4.79 Å². The lowest BCUT2D eigenvalue weighted by Gasteiger charge is -2.20. The molecule has 1 N–H and O–H groups in total. The predicted molar refractivity (Wildman–Crippen MR) is 112 cm³/mol. The van der Waals surface area contributed by atoms with Gasteiger partial charge in [-0.2, -0.15) is 5.10 Å². The molecule has 1 aliphatic rings. The van der Waals surface area contributed by atoms with Crippen LogP contribution in [-0.2, 0) is 20.9 Å². The maximum absolute atomic E-state index is 12.0. The van der Waals surface area contributed by atoms with Gasteiger partial charge >= 0.3 is 0 Å². The van der Waals surface area contributed by atoms with Gasteiger partial charge in [0.05, 0.1) is 33.0 Å². The van der Waals surface area contributed by atoms with Gasteiger partial charge in [-0.3, -0.25) is 4.79 Å². The minimum atomic E-state index is -0.878. The summed E-state index contributed by atoms with van der Waals surface area (Å²) < 4.78 is 23.1. The molecule has 0 saturated carbocycles. The van der Waals surface area contributed by atoms with E-state index in [1.54, 1.807) is 20.1 Å². The van der Waals surface area contributed by atoms with Gasteiger partial charge in [0.25, 0.3) is 0 Å².